The van der Waals surface area contributed by atoms with Crippen LogP contribution in [0.1, 0.15) is 12.3 Å². The number of anilines is 1. The predicted molar refractivity (Wildman–Crippen MR) is 97.1 cm³/mol. The summed E-state index contributed by atoms with van der Waals surface area (Å²) in [7, 11) is 0. The molecule has 0 saturated heterocycles. The van der Waals surface area contributed by atoms with Gasteiger partial charge in [0.05, 0.1) is 17.4 Å². The van der Waals surface area contributed by atoms with Crippen LogP contribution >= 0.6 is 0 Å². The number of carbonyl (C=O) groups is 1. The number of aromatic amines is 1. The van der Waals surface area contributed by atoms with Crippen LogP contribution in [0.5, 0.6) is 0 Å². The van der Waals surface area contributed by atoms with Gasteiger partial charge < -0.3 is 14.7 Å². The van der Waals surface area contributed by atoms with E-state index in [-0.39, 0.29) is 30.1 Å². The van der Waals surface area contributed by atoms with Crippen molar-refractivity contribution < 1.29 is 18.0 Å². The van der Waals surface area contributed by atoms with Gasteiger partial charge in [0.1, 0.15) is 11.6 Å². The number of nitrogens with one attached hydrogen (secondary N) is 2. The number of amides is 1. The molecule has 136 valence electrons. The normalized spacial score (nSPS) is 11.0. The molecule has 0 saturated carbocycles. The van der Waals surface area contributed by atoms with Crippen molar-refractivity contribution in [3.05, 3.63) is 72.4 Å². The van der Waals surface area contributed by atoms with E-state index in [1.54, 1.807) is 0 Å². The van der Waals surface area contributed by atoms with Crippen molar-refractivity contribution in [2.24, 2.45) is 0 Å². The minimum absolute atomic E-state index is 0.124. The van der Waals surface area contributed by atoms with Crippen molar-refractivity contribution in [1.82, 2.24) is 9.97 Å². The van der Waals surface area contributed by atoms with Crippen LogP contribution in [0.25, 0.3) is 22.2 Å². The average Bonchev–Trinajstić information content (AvgIpc) is 3.30. The number of H-pyrrole nitrogens is 1. The summed E-state index contributed by atoms with van der Waals surface area (Å²) in [6, 6.07) is 10.7. The molecule has 2 aromatic carbocycles. The molecule has 0 aliphatic rings. The predicted octanol–water partition coefficient (Wildman–Crippen LogP) is 4.67. The fraction of sp³-hybridized carbons (Fsp3) is 0.100. The first-order valence-corrected chi connectivity index (χ1v) is 8.36. The number of carbonyl (C=O) groups excluding carboxylic acids is 1. The lowest BCUT2D eigenvalue weighted by Gasteiger charge is -2.05. The molecule has 1 amide bonds. The number of nitrogens with zero attached hydrogens (tertiary/aromatic N) is 1. The molecule has 7 heteroatoms. The van der Waals surface area contributed by atoms with Gasteiger partial charge in [-0.2, -0.15) is 0 Å². The van der Waals surface area contributed by atoms with Crippen LogP contribution in [0.15, 0.2) is 59.3 Å². The summed E-state index contributed by atoms with van der Waals surface area (Å²) in [6.07, 6.45) is 3.59. The van der Waals surface area contributed by atoms with E-state index in [0.717, 1.165) is 28.7 Å². The van der Waals surface area contributed by atoms with Crippen LogP contribution in [0.3, 0.4) is 0 Å². The van der Waals surface area contributed by atoms with Crippen LogP contribution in [-0.2, 0) is 11.2 Å². The van der Waals surface area contributed by atoms with E-state index < -0.39 is 11.6 Å². The quantitative estimate of drug-likeness (QED) is 0.538. The van der Waals surface area contributed by atoms with Crippen molar-refractivity contribution in [1.29, 1.82) is 0 Å². The molecule has 0 unspecified atom stereocenters. The Kier molecular flexibility index (Phi) is 4.42. The topological polar surface area (TPSA) is 70.9 Å². The second kappa shape index (κ2) is 7.03. The first kappa shape index (κ1) is 17.0. The molecule has 2 N–H and O–H groups in total. The maximum atomic E-state index is 13.8. The number of oxazole rings is 1. The molecule has 4 aromatic rings. The molecule has 27 heavy (non-hydrogen) atoms. The minimum Gasteiger partial charge on any atom is -0.441 e. The standard InChI is InChI=1S/C20H15F2N3O2/c21-12-4-5-13(15(22)10-12)18-11-24-20(27-18)7-6-19(26)25-17-3-1-2-16-14(17)8-9-23-16/h1-5,8-11,23H,6-7H2,(H,25,26). The molecule has 0 bridgehead atoms. The largest absolute Gasteiger partial charge is 0.441 e. The van der Waals surface area contributed by atoms with Gasteiger partial charge in [-0.3, -0.25) is 4.79 Å². The molecule has 4 rings (SSSR count). The van der Waals surface area contributed by atoms with E-state index in [1.807, 2.05) is 30.5 Å². The van der Waals surface area contributed by atoms with Gasteiger partial charge in [-0.1, -0.05) is 6.07 Å². The maximum absolute atomic E-state index is 13.8. The Hall–Kier alpha value is -3.48. The SMILES string of the molecule is O=C(CCc1ncc(-c2ccc(F)cc2F)o1)Nc1cccc2[nH]ccc12. The van der Waals surface area contributed by atoms with E-state index in [0.29, 0.717) is 5.89 Å². The summed E-state index contributed by atoms with van der Waals surface area (Å²) in [5.74, 6) is -1.07. The number of aryl methyl sites for hydroxylation is 1. The second-order valence-electron chi connectivity index (χ2n) is 6.04. The Labute approximate surface area is 153 Å². The third-order valence-corrected chi connectivity index (χ3v) is 4.19. The number of hydrogen-bond donors (Lipinski definition) is 2. The minimum atomic E-state index is -0.727. The maximum Gasteiger partial charge on any atom is 0.224 e. The number of halogens is 2. The fourth-order valence-electron chi connectivity index (χ4n) is 2.87. The van der Waals surface area contributed by atoms with Gasteiger partial charge in [0.25, 0.3) is 0 Å². The Morgan fingerprint density at radius 2 is 2.07 bits per heavy atom. The van der Waals surface area contributed by atoms with E-state index in [2.05, 4.69) is 15.3 Å². The molecule has 2 aromatic heterocycles. The van der Waals surface area contributed by atoms with Crippen LogP contribution in [0.4, 0.5) is 14.5 Å². The highest BCUT2D eigenvalue weighted by Crippen LogP contribution is 2.25. The van der Waals surface area contributed by atoms with E-state index in [9.17, 15) is 13.6 Å². The molecular formula is C20H15F2N3O2. The van der Waals surface area contributed by atoms with E-state index in [4.69, 9.17) is 4.42 Å². The van der Waals surface area contributed by atoms with Gasteiger partial charge in [0.2, 0.25) is 5.91 Å². The van der Waals surface area contributed by atoms with Crippen LogP contribution in [0.2, 0.25) is 0 Å². The van der Waals surface area contributed by atoms with E-state index in [1.165, 1.54) is 12.3 Å². The van der Waals surface area contributed by atoms with E-state index >= 15 is 0 Å². The van der Waals surface area contributed by atoms with Gasteiger partial charge in [0, 0.05) is 36.0 Å². The summed E-state index contributed by atoms with van der Waals surface area (Å²) in [4.78, 5) is 19.4. The molecule has 0 radical (unpaired) electrons. The second-order valence-corrected chi connectivity index (χ2v) is 6.04. The lowest BCUT2D eigenvalue weighted by atomic mass is 10.2. The summed E-state index contributed by atoms with van der Waals surface area (Å²) >= 11 is 0. The molecular weight excluding hydrogens is 352 g/mol. The van der Waals surface area contributed by atoms with Gasteiger partial charge in [-0.15, -0.1) is 0 Å². The molecule has 0 aliphatic carbocycles. The molecule has 2 heterocycles. The third-order valence-electron chi connectivity index (χ3n) is 4.19. The zero-order valence-electron chi connectivity index (χ0n) is 14.1. The summed E-state index contributed by atoms with van der Waals surface area (Å²) < 4.78 is 32.3. The van der Waals surface area contributed by atoms with Gasteiger partial charge in [0.15, 0.2) is 11.7 Å². The highest BCUT2D eigenvalue weighted by Gasteiger charge is 2.13. The van der Waals surface area contributed by atoms with Gasteiger partial charge >= 0.3 is 0 Å². The zero-order valence-corrected chi connectivity index (χ0v) is 14.1. The molecule has 5 nitrogen and oxygen atoms in total. The first-order valence-electron chi connectivity index (χ1n) is 8.36. The first-order chi connectivity index (χ1) is 13.1. The highest BCUT2D eigenvalue weighted by atomic mass is 19.1. The number of aromatic nitrogens is 2. The van der Waals surface area contributed by atoms with Crippen molar-refractivity contribution in [2.45, 2.75) is 12.8 Å². The smallest absolute Gasteiger partial charge is 0.224 e. The average molecular weight is 367 g/mol. The fourth-order valence-corrected chi connectivity index (χ4v) is 2.87. The van der Waals surface area contributed by atoms with Crippen molar-refractivity contribution in [3.63, 3.8) is 0 Å². The monoisotopic (exact) mass is 367 g/mol. The Bertz CT molecular complexity index is 1120. The zero-order chi connectivity index (χ0) is 18.8. The van der Waals surface area contributed by atoms with Crippen LogP contribution in [-0.4, -0.2) is 15.9 Å². The molecule has 0 fully saturated rings. The number of rotatable bonds is 5. The summed E-state index contributed by atoms with van der Waals surface area (Å²) in [5.41, 5.74) is 1.78. The van der Waals surface area contributed by atoms with Crippen molar-refractivity contribution in [2.75, 3.05) is 5.32 Å². The lowest BCUT2D eigenvalue weighted by molar-refractivity contribution is -0.116. The Balaban J connectivity index is 1.41. The number of fused-ring (bicyclic) bond motifs is 1. The number of hydrogen-bond acceptors (Lipinski definition) is 3. The molecule has 0 atom stereocenters. The molecule has 0 spiro atoms. The van der Waals surface area contributed by atoms with Gasteiger partial charge in [-0.05, 0) is 30.3 Å². The van der Waals surface area contributed by atoms with Gasteiger partial charge in [-0.25, -0.2) is 13.8 Å². The third kappa shape index (κ3) is 3.57. The Morgan fingerprint density at radius 1 is 1.19 bits per heavy atom. The van der Waals surface area contributed by atoms with Crippen molar-refractivity contribution in [3.8, 4) is 11.3 Å². The lowest BCUT2D eigenvalue weighted by Crippen LogP contribution is -2.12. The van der Waals surface area contributed by atoms with Crippen LogP contribution in [0, 0.1) is 11.6 Å². The number of benzene rings is 2. The Morgan fingerprint density at radius 3 is 2.93 bits per heavy atom. The van der Waals surface area contributed by atoms with Crippen LogP contribution < -0.4 is 5.32 Å². The van der Waals surface area contributed by atoms with Crippen molar-refractivity contribution >= 4 is 22.5 Å². The molecule has 0 aliphatic heterocycles. The summed E-state index contributed by atoms with van der Waals surface area (Å²) in [6.45, 7) is 0. The summed E-state index contributed by atoms with van der Waals surface area (Å²) in [5, 5.41) is 3.79. The highest BCUT2D eigenvalue weighted by molar-refractivity contribution is 6.01.